The molecule has 1 N–H and O–H groups in total. The summed E-state index contributed by atoms with van der Waals surface area (Å²) < 4.78 is 0.746. The summed E-state index contributed by atoms with van der Waals surface area (Å²) in [4.78, 5) is 5.54. The van der Waals surface area contributed by atoms with Crippen LogP contribution in [0.5, 0.6) is 0 Å². The molecule has 0 aromatic carbocycles. The van der Waals surface area contributed by atoms with Crippen molar-refractivity contribution in [3.63, 3.8) is 0 Å². The molecule has 0 radical (unpaired) electrons. The average molecular weight is 259 g/mol. The predicted octanol–water partition coefficient (Wildman–Crippen LogP) is 3.71. The van der Waals surface area contributed by atoms with Gasteiger partial charge >= 0.3 is 0 Å². The van der Waals surface area contributed by atoms with Crippen LogP contribution >= 0.6 is 34.3 Å². The highest BCUT2D eigenvalue weighted by Crippen LogP contribution is 2.21. The van der Waals surface area contributed by atoms with E-state index in [0.29, 0.717) is 6.04 Å². The van der Waals surface area contributed by atoms with Crippen molar-refractivity contribution in [2.24, 2.45) is 0 Å². The van der Waals surface area contributed by atoms with Gasteiger partial charge in [-0.05, 0) is 18.4 Å². The van der Waals surface area contributed by atoms with Crippen LogP contribution in [-0.2, 0) is 6.54 Å². The van der Waals surface area contributed by atoms with Gasteiger partial charge in [0.05, 0.1) is 6.20 Å². The van der Waals surface area contributed by atoms with E-state index in [9.17, 15) is 0 Å². The van der Waals surface area contributed by atoms with Crippen molar-refractivity contribution in [2.75, 3.05) is 0 Å². The van der Waals surface area contributed by atoms with Crippen LogP contribution in [0.3, 0.4) is 0 Å². The maximum atomic E-state index is 5.81. The lowest BCUT2D eigenvalue weighted by molar-refractivity contribution is 0.581. The summed E-state index contributed by atoms with van der Waals surface area (Å²) in [5.74, 6) is 0. The predicted molar refractivity (Wildman–Crippen MR) is 66.7 cm³/mol. The summed E-state index contributed by atoms with van der Waals surface area (Å²) in [6.07, 6.45) is 1.69. The third-order valence-electron chi connectivity index (χ3n) is 2.05. The Morgan fingerprint density at radius 2 is 2.47 bits per heavy atom. The minimum absolute atomic E-state index is 0.368. The number of nitrogens with zero attached hydrogens (tertiary/aromatic N) is 1. The van der Waals surface area contributed by atoms with Gasteiger partial charge in [-0.25, -0.2) is 4.98 Å². The van der Waals surface area contributed by atoms with Crippen molar-refractivity contribution < 1.29 is 0 Å². The lowest BCUT2D eigenvalue weighted by atomic mass is 10.3. The van der Waals surface area contributed by atoms with Crippen LogP contribution < -0.4 is 5.32 Å². The highest BCUT2D eigenvalue weighted by Gasteiger charge is 2.06. The second kappa shape index (κ2) is 5.07. The second-order valence-electron chi connectivity index (χ2n) is 3.18. The third kappa shape index (κ3) is 3.01. The summed E-state index contributed by atoms with van der Waals surface area (Å²) in [7, 11) is 0. The number of rotatable bonds is 4. The summed E-state index contributed by atoms with van der Waals surface area (Å²) in [6, 6.07) is 4.57. The maximum Gasteiger partial charge on any atom is 0.113 e. The van der Waals surface area contributed by atoms with Crippen molar-refractivity contribution in [1.29, 1.82) is 0 Å². The summed E-state index contributed by atoms with van der Waals surface area (Å²) in [6.45, 7) is 2.93. The Hall–Kier alpha value is -0.420. The fourth-order valence-corrected chi connectivity index (χ4v) is 2.91. The first-order valence-corrected chi connectivity index (χ1v) is 6.70. The monoisotopic (exact) mass is 258 g/mol. The maximum absolute atomic E-state index is 5.81. The van der Waals surface area contributed by atoms with E-state index in [1.807, 2.05) is 0 Å². The van der Waals surface area contributed by atoms with E-state index in [-0.39, 0.29) is 0 Å². The third-order valence-corrected chi connectivity index (χ3v) is 4.22. The van der Waals surface area contributed by atoms with E-state index >= 15 is 0 Å². The lowest BCUT2D eigenvalue weighted by Gasteiger charge is -2.09. The smallest absolute Gasteiger partial charge is 0.113 e. The molecule has 15 heavy (non-hydrogen) atoms. The van der Waals surface area contributed by atoms with Crippen LogP contribution in [0.15, 0.2) is 23.7 Å². The molecule has 2 heterocycles. The zero-order valence-electron chi connectivity index (χ0n) is 8.24. The molecular weight excluding hydrogens is 248 g/mol. The topological polar surface area (TPSA) is 24.9 Å². The van der Waals surface area contributed by atoms with Gasteiger partial charge < -0.3 is 5.32 Å². The first-order valence-electron chi connectivity index (χ1n) is 4.62. The van der Waals surface area contributed by atoms with E-state index in [1.165, 1.54) is 16.2 Å². The fraction of sp³-hybridized carbons (Fsp3) is 0.300. The first kappa shape index (κ1) is 11.1. The Morgan fingerprint density at radius 3 is 3.07 bits per heavy atom. The van der Waals surface area contributed by atoms with Gasteiger partial charge in [0.15, 0.2) is 0 Å². The number of thiophene rings is 1. The number of thiazole rings is 1. The minimum atomic E-state index is 0.368. The van der Waals surface area contributed by atoms with Gasteiger partial charge in [-0.3, -0.25) is 0 Å². The molecule has 0 saturated carbocycles. The molecule has 0 fully saturated rings. The Balaban J connectivity index is 1.88. The van der Waals surface area contributed by atoms with Gasteiger partial charge in [-0.2, -0.15) is 0 Å². The van der Waals surface area contributed by atoms with Crippen LogP contribution in [0, 0.1) is 0 Å². The quantitative estimate of drug-likeness (QED) is 0.904. The molecule has 2 aromatic heterocycles. The van der Waals surface area contributed by atoms with Crippen LogP contribution in [0.4, 0.5) is 0 Å². The molecule has 5 heteroatoms. The van der Waals surface area contributed by atoms with E-state index in [1.54, 1.807) is 17.5 Å². The highest BCUT2D eigenvalue weighted by molar-refractivity contribution is 7.15. The summed E-state index contributed by atoms with van der Waals surface area (Å²) >= 11 is 9.09. The van der Waals surface area contributed by atoms with Crippen molar-refractivity contribution in [3.05, 3.63) is 37.9 Å². The number of hydrogen-bond acceptors (Lipinski definition) is 4. The van der Waals surface area contributed by atoms with E-state index < -0.39 is 0 Å². The van der Waals surface area contributed by atoms with E-state index in [2.05, 4.69) is 34.7 Å². The van der Waals surface area contributed by atoms with Crippen molar-refractivity contribution >= 4 is 34.3 Å². The SMILES string of the molecule is CC(NCc1ncc(Cl)s1)c1cccs1. The zero-order valence-corrected chi connectivity index (χ0v) is 10.6. The molecule has 0 aliphatic heterocycles. The Labute approximate surface area is 102 Å². The largest absolute Gasteiger partial charge is 0.303 e. The fourth-order valence-electron chi connectivity index (χ4n) is 1.25. The van der Waals surface area contributed by atoms with Crippen LogP contribution in [0.1, 0.15) is 22.9 Å². The average Bonchev–Trinajstić information content (AvgIpc) is 2.84. The number of nitrogens with one attached hydrogen (secondary N) is 1. The first-order chi connectivity index (χ1) is 7.25. The van der Waals surface area contributed by atoms with Crippen LogP contribution in [0.25, 0.3) is 0 Å². The van der Waals surface area contributed by atoms with Crippen molar-refractivity contribution in [2.45, 2.75) is 19.5 Å². The molecule has 0 saturated heterocycles. The molecule has 80 valence electrons. The van der Waals surface area contributed by atoms with Crippen LogP contribution in [-0.4, -0.2) is 4.98 Å². The standard InChI is InChI=1S/C10H11ClN2S2/c1-7(8-3-2-4-14-8)12-6-10-13-5-9(11)15-10/h2-5,7,12H,6H2,1H3. The van der Waals surface area contributed by atoms with Gasteiger partial charge in [-0.15, -0.1) is 22.7 Å². The minimum Gasteiger partial charge on any atom is -0.303 e. The van der Waals surface area contributed by atoms with Gasteiger partial charge in [0.2, 0.25) is 0 Å². The van der Waals surface area contributed by atoms with E-state index in [0.717, 1.165) is 15.9 Å². The summed E-state index contributed by atoms with van der Waals surface area (Å²) in [5, 5.41) is 6.54. The molecule has 2 aromatic rings. The molecular formula is C10H11ClN2S2. The molecule has 0 bridgehead atoms. The van der Waals surface area contributed by atoms with Gasteiger partial charge in [0.25, 0.3) is 0 Å². The van der Waals surface area contributed by atoms with Crippen molar-refractivity contribution in [3.8, 4) is 0 Å². The highest BCUT2D eigenvalue weighted by atomic mass is 35.5. The molecule has 0 aliphatic carbocycles. The number of aromatic nitrogens is 1. The summed E-state index contributed by atoms with van der Waals surface area (Å²) in [5.41, 5.74) is 0. The Kier molecular flexibility index (Phi) is 3.75. The molecule has 2 nitrogen and oxygen atoms in total. The molecule has 1 atom stereocenters. The molecule has 0 spiro atoms. The van der Waals surface area contributed by atoms with Gasteiger partial charge in [-0.1, -0.05) is 17.7 Å². The molecule has 0 amide bonds. The molecule has 0 aliphatic rings. The molecule has 2 rings (SSSR count). The Bertz CT molecular complexity index is 411. The zero-order chi connectivity index (χ0) is 10.7. The normalized spacial score (nSPS) is 12.9. The number of hydrogen-bond donors (Lipinski definition) is 1. The van der Waals surface area contributed by atoms with Gasteiger partial charge in [0.1, 0.15) is 9.34 Å². The second-order valence-corrected chi connectivity index (χ2v) is 5.90. The Morgan fingerprint density at radius 1 is 1.60 bits per heavy atom. The van der Waals surface area contributed by atoms with Crippen molar-refractivity contribution in [1.82, 2.24) is 10.3 Å². The molecule has 1 unspecified atom stereocenters. The van der Waals surface area contributed by atoms with Crippen LogP contribution in [0.2, 0.25) is 4.34 Å². The number of halogens is 1. The van der Waals surface area contributed by atoms with E-state index in [4.69, 9.17) is 11.6 Å². The van der Waals surface area contributed by atoms with Gasteiger partial charge in [0, 0.05) is 17.5 Å². The lowest BCUT2D eigenvalue weighted by Crippen LogP contribution is -2.16.